The summed E-state index contributed by atoms with van der Waals surface area (Å²) in [7, 11) is 0. The monoisotopic (exact) mass is 602 g/mol. The molecule has 0 spiro atoms. The molecule has 0 N–H and O–H groups in total. The van der Waals surface area contributed by atoms with E-state index in [1.807, 2.05) is 105 Å². The van der Waals surface area contributed by atoms with Crippen molar-refractivity contribution in [2.24, 2.45) is 0 Å². The van der Waals surface area contributed by atoms with Crippen molar-refractivity contribution in [1.29, 1.82) is 0 Å². The van der Waals surface area contributed by atoms with Crippen molar-refractivity contribution in [3.63, 3.8) is 0 Å². The van der Waals surface area contributed by atoms with Gasteiger partial charge in [-0.1, -0.05) is 66.7 Å². The van der Waals surface area contributed by atoms with Crippen LogP contribution in [0.2, 0.25) is 0 Å². The van der Waals surface area contributed by atoms with Crippen molar-refractivity contribution in [1.82, 2.24) is 0 Å². The summed E-state index contributed by atoms with van der Waals surface area (Å²) in [6.07, 6.45) is -4.59. The second-order valence-electron chi connectivity index (χ2n) is 10.6. The molecule has 0 aliphatic carbocycles. The van der Waals surface area contributed by atoms with E-state index in [-0.39, 0.29) is 0 Å². The van der Waals surface area contributed by atoms with E-state index in [1.165, 1.54) is 0 Å². The van der Waals surface area contributed by atoms with Gasteiger partial charge in [0.25, 0.3) is 0 Å². The van der Waals surface area contributed by atoms with Crippen LogP contribution in [-0.4, -0.2) is 0 Å². The van der Waals surface area contributed by atoms with Gasteiger partial charge in [-0.05, 0) is 109 Å². The lowest BCUT2D eigenvalue weighted by Gasteiger charge is -2.21. The van der Waals surface area contributed by atoms with E-state index in [0.29, 0.717) is 56.8 Å². The maximum atomic E-state index is 14.4. The van der Waals surface area contributed by atoms with E-state index in [9.17, 15) is 13.2 Å². The Morgan fingerprint density at radius 3 is 1.56 bits per heavy atom. The second kappa shape index (κ2) is 12.6. The Labute approximate surface area is 260 Å². The Kier molecular flexibility index (Phi) is 8.30. The molecule has 0 unspecified atom stereocenters. The predicted molar refractivity (Wildman–Crippen MR) is 171 cm³/mol. The van der Waals surface area contributed by atoms with Gasteiger partial charge in [-0.25, -0.2) is 0 Å². The van der Waals surface area contributed by atoms with Crippen LogP contribution in [0.25, 0.3) is 22.3 Å². The fourth-order valence-corrected chi connectivity index (χ4v) is 5.10. The summed E-state index contributed by atoms with van der Waals surface area (Å²) in [4.78, 5) is 0. The molecular formula is C39H29F3O3. The van der Waals surface area contributed by atoms with Gasteiger partial charge in [0.2, 0.25) is 0 Å². The molecule has 6 heteroatoms. The average molecular weight is 603 g/mol. The number of alkyl halides is 3. The summed E-state index contributed by atoms with van der Waals surface area (Å²) < 4.78 is 61.8. The van der Waals surface area contributed by atoms with Gasteiger partial charge in [0, 0.05) is 11.1 Å². The molecule has 0 aromatic heterocycles. The molecule has 0 saturated carbocycles. The van der Waals surface area contributed by atoms with E-state index in [1.54, 1.807) is 36.4 Å². The summed E-state index contributed by atoms with van der Waals surface area (Å²) >= 11 is 0. The van der Waals surface area contributed by atoms with Crippen LogP contribution in [0.4, 0.5) is 13.2 Å². The predicted octanol–water partition coefficient (Wildman–Crippen LogP) is 12.0. The SMILES string of the molecule is Cc1cc(-c2cc(C(F)(F)F)cc(-c3ccc(Oc4ccccc4)cc3C)c2Oc2ccccc2)ccc1Oc1ccccc1. The van der Waals surface area contributed by atoms with E-state index < -0.39 is 11.7 Å². The Morgan fingerprint density at radius 2 is 1.00 bits per heavy atom. The van der Waals surface area contributed by atoms with Crippen molar-refractivity contribution in [3.8, 4) is 56.8 Å². The molecule has 6 aromatic rings. The molecule has 0 radical (unpaired) electrons. The minimum Gasteiger partial charge on any atom is -0.457 e. The van der Waals surface area contributed by atoms with Crippen molar-refractivity contribution in [3.05, 3.63) is 156 Å². The molecule has 0 amide bonds. The van der Waals surface area contributed by atoms with Crippen molar-refractivity contribution >= 4 is 0 Å². The highest BCUT2D eigenvalue weighted by Gasteiger charge is 2.33. The largest absolute Gasteiger partial charge is 0.457 e. The number of hydrogen-bond acceptors (Lipinski definition) is 3. The average Bonchev–Trinajstić information content (AvgIpc) is 3.03. The van der Waals surface area contributed by atoms with E-state index in [4.69, 9.17) is 14.2 Å². The standard InChI is InChI=1S/C39H29F3O3/c1-26-23-33(43-30-12-6-3-7-13-30)19-20-34(26)36-25-29(39(40,41)42)24-35(38(36)45-32-16-10-5-11-17-32)28-18-21-37(27(2)22-28)44-31-14-8-4-9-15-31/h3-25H,1-2H3. The van der Waals surface area contributed by atoms with Crippen LogP contribution in [0.5, 0.6) is 34.5 Å². The van der Waals surface area contributed by atoms with Crippen LogP contribution < -0.4 is 14.2 Å². The quantitative estimate of drug-likeness (QED) is 0.173. The van der Waals surface area contributed by atoms with Crippen molar-refractivity contribution in [2.45, 2.75) is 20.0 Å². The van der Waals surface area contributed by atoms with Crippen molar-refractivity contribution < 1.29 is 27.4 Å². The Bertz CT molecular complexity index is 1920. The summed E-state index contributed by atoms with van der Waals surface area (Å²) in [5.74, 6) is 3.32. The summed E-state index contributed by atoms with van der Waals surface area (Å²) in [6.45, 7) is 3.71. The minimum absolute atomic E-state index is 0.307. The summed E-state index contributed by atoms with van der Waals surface area (Å²) in [5.41, 5.74) is 2.49. The molecule has 0 saturated heterocycles. The lowest BCUT2D eigenvalue weighted by molar-refractivity contribution is -0.137. The smallest absolute Gasteiger partial charge is 0.416 e. The third-order valence-electron chi connectivity index (χ3n) is 7.30. The maximum absolute atomic E-state index is 14.4. The van der Waals surface area contributed by atoms with Gasteiger partial charge in [-0.15, -0.1) is 0 Å². The Hall–Kier alpha value is -5.49. The molecular weight excluding hydrogens is 573 g/mol. The van der Waals surface area contributed by atoms with Crippen LogP contribution in [0.3, 0.4) is 0 Å². The molecule has 0 heterocycles. The first-order chi connectivity index (χ1) is 21.7. The highest BCUT2D eigenvalue weighted by atomic mass is 19.4. The van der Waals surface area contributed by atoms with E-state index in [0.717, 1.165) is 23.3 Å². The molecule has 3 nitrogen and oxygen atoms in total. The molecule has 45 heavy (non-hydrogen) atoms. The van der Waals surface area contributed by atoms with Gasteiger partial charge in [-0.2, -0.15) is 13.2 Å². The third-order valence-corrected chi connectivity index (χ3v) is 7.30. The van der Waals surface area contributed by atoms with Crippen LogP contribution in [0.15, 0.2) is 140 Å². The lowest BCUT2D eigenvalue weighted by Crippen LogP contribution is -2.07. The third kappa shape index (κ3) is 6.86. The van der Waals surface area contributed by atoms with Gasteiger partial charge >= 0.3 is 6.18 Å². The lowest BCUT2D eigenvalue weighted by atomic mass is 9.91. The maximum Gasteiger partial charge on any atom is 0.416 e. The molecule has 0 aliphatic heterocycles. The first-order valence-corrected chi connectivity index (χ1v) is 14.4. The molecule has 6 aromatic carbocycles. The number of para-hydroxylation sites is 3. The van der Waals surface area contributed by atoms with E-state index in [2.05, 4.69) is 0 Å². The van der Waals surface area contributed by atoms with Crippen LogP contribution in [-0.2, 0) is 6.18 Å². The normalized spacial score (nSPS) is 11.2. The van der Waals surface area contributed by atoms with Crippen LogP contribution in [0, 0.1) is 13.8 Å². The van der Waals surface area contributed by atoms with E-state index >= 15 is 0 Å². The first-order valence-electron chi connectivity index (χ1n) is 14.4. The van der Waals surface area contributed by atoms with Gasteiger partial charge < -0.3 is 14.2 Å². The fraction of sp³-hybridized carbons (Fsp3) is 0.0769. The van der Waals surface area contributed by atoms with Gasteiger partial charge in [0.15, 0.2) is 0 Å². The molecule has 0 bridgehead atoms. The zero-order valence-electron chi connectivity index (χ0n) is 24.6. The minimum atomic E-state index is -4.59. The Morgan fingerprint density at radius 1 is 0.444 bits per heavy atom. The fourth-order valence-electron chi connectivity index (χ4n) is 5.10. The number of rotatable bonds is 8. The number of ether oxygens (including phenoxy) is 3. The molecule has 6 rings (SSSR count). The zero-order chi connectivity index (χ0) is 31.4. The molecule has 0 atom stereocenters. The molecule has 224 valence electrons. The van der Waals surface area contributed by atoms with Gasteiger partial charge in [0.1, 0.15) is 34.5 Å². The molecule has 0 aliphatic rings. The van der Waals surface area contributed by atoms with Gasteiger partial charge in [0.05, 0.1) is 5.56 Å². The number of hydrogen-bond donors (Lipinski definition) is 0. The zero-order valence-corrected chi connectivity index (χ0v) is 24.6. The summed E-state index contributed by atoms with van der Waals surface area (Å²) in [6, 6.07) is 40.7. The van der Waals surface area contributed by atoms with Gasteiger partial charge in [-0.3, -0.25) is 0 Å². The number of benzene rings is 6. The second-order valence-corrected chi connectivity index (χ2v) is 10.6. The topological polar surface area (TPSA) is 27.7 Å². The summed E-state index contributed by atoms with van der Waals surface area (Å²) in [5, 5.41) is 0. The Balaban J connectivity index is 1.50. The highest BCUT2D eigenvalue weighted by molar-refractivity contribution is 5.86. The highest BCUT2D eigenvalue weighted by Crippen LogP contribution is 2.47. The van der Waals surface area contributed by atoms with Crippen molar-refractivity contribution in [2.75, 3.05) is 0 Å². The molecule has 0 fully saturated rings. The first kappa shape index (κ1) is 29.6. The number of aryl methyl sites for hydroxylation is 2. The number of halogens is 3. The van der Waals surface area contributed by atoms with Crippen LogP contribution >= 0.6 is 0 Å². The van der Waals surface area contributed by atoms with Crippen LogP contribution in [0.1, 0.15) is 16.7 Å².